The monoisotopic (exact) mass is 263 g/mol. The van der Waals surface area contributed by atoms with Gasteiger partial charge in [-0.05, 0) is 18.9 Å². The van der Waals surface area contributed by atoms with Gasteiger partial charge in [0.2, 0.25) is 5.82 Å². The summed E-state index contributed by atoms with van der Waals surface area (Å²) in [5.74, 6) is 0.166. The molecule has 0 aliphatic heterocycles. The van der Waals surface area contributed by atoms with Crippen LogP contribution in [0.15, 0.2) is 12.3 Å². The van der Waals surface area contributed by atoms with Crippen LogP contribution in [0, 0.1) is 12.8 Å². The van der Waals surface area contributed by atoms with E-state index >= 15 is 0 Å². The second kappa shape index (κ2) is 5.31. The topological polar surface area (TPSA) is 92.4 Å². The Hall–Kier alpha value is -2.02. The van der Waals surface area contributed by atoms with Crippen LogP contribution in [-0.2, 0) is 0 Å². The lowest BCUT2D eigenvalue weighted by atomic mass is 10.1. The summed E-state index contributed by atoms with van der Waals surface area (Å²) in [6.45, 7) is 5.58. The highest BCUT2D eigenvalue weighted by Crippen LogP contribution is 2.04. The Morgan fingerprint density at radius 1 is 1.53 bits per heavy atom. The second-order valence-electron chi connectivity index (χ2n) is 4.74. The summed E-state index contributed by atoms with van der Waals surface area (Å²) in [7, 11) is 0. The molecule has 2 aromatic heterocycles. The molecule has 2 rings (SSSR count). The van der Waals surface area contributed by atoms with E-state index in [2.05, 4.69) is 20.4 Å². The first kappa shape index (κ1) is 13.4. The molecule has 0 aromatic carbocycles. The molecule has 0 bridgehead atoms. The molecule has 0 aliphatic carbocycles. The third-order valence-electron chi connectivity index (χ3n) is 2.95. The van der Waals surface area contributed by atoms with Crippen molar-refractivity contribution in [2.24, 2.45) is 5.92 Å². The van der Waals surface area contributed by atoms with Gasteiger partial charge in [-0.15, -0.1) is 5.10 Å². The number of amides is 1. The Balaban J connectivity index is 2.24. The highest BCUT2D eigenvalue weighted by molar-refractivity contribution is 5.91. The first-order chi connectivity index (χ1) is 9.02. The minimum atomic E-state index is -0.405. The van der Waals surface area contributed by atoms with E-state index in [1.807, 2.05) is 20.8 Å². The van der Waals surface area contributed by atoms with Crippen LogP contribution in [0.1, 0.15) is 30.2 Å². The van der Waals surface area contributed by atoms with Crippen molar-refractivity contribution in [3.63, 3.8) is 0 Å². The number of nitrogens with zero attached hydrogens (tertiary/aromatic N) is 4. The molecule has 0 saturated heterocycles. The summed E-state index contributed by atoms with van der Waals surface area (Å²) in [5.41, 5.74) is 0.846. The summed E-state index contributed by atoms with van der Waals surface area (Å²) in [6, 6.07) is 1.47. The summed E-state index contributed by atoms with van der Waals surface area (Å²) in [4.78, 5) is 20.1. The minimum Gasteiger partial charge on any atom is -0.394 e. The lowest BCUT2D eigenvalue weighted by Gasteiger charge is -2.18. The molecular formula is C12H17N5O2. The molecule has 0 saturated carbocycles. The van der Waals surface area contributed by atoms with Crippen LogP contribution in [0.5, 0.6) is 0 Å². The quantitative estimate of drug-likeness (QED) is 0.821. The van der Waals surface area contributed by atoms with Crippen molar-refractivity contribution in [3.8, 4) is 0 Å². The molecule has 0 radical (unpaired) electrons. The number of hydrogen-bond acceptors (Lipinski definition) is 5. The van der Waals surface area contributed by atoms with Crippen LogP contribution in [0.4, 0.5) is 0 Å². The molecule has 102 valence electrons. The molecule has 7 heteroatoms. The maximum atomic E-state index is 12.0. The number of hydrogen-bond donors (Lipinski definition) is 2. The van der Waals surface area contributed by atoms with Crippen LogP contribution < -0.4 is 5.32 Å². The minimum absolute atomic E-state index is 0.0564. The van der Waals surface area contributed by atoms with Gasteiger partial charge in [0.05, 0.1) is 12.6 Å². The lowest BCUT2D eigenvalue weighted by molar-refractivity contribution is 0.0886. The van der Waals surface area contributed by atoms with Crippen LogP contribution in [-0.4, -0.2) is 43.2 Å². The van der Waals surface area contributed by atoms with E-state index < -0.39 is 5.91 Å². The number of aliphatic hydroxyl groups excluding tert-OH is 1. The molecule has 7 nitrogen and oxygen atoms in total. The van der Waals surface area contributed by atoms with Crippen LogP contribution in [0.2, 0.25) is 0 Å². The molecule has 2 heterocycles. The van der Waals surface area contributed by atoms with Gasteiger partial charge in [0.15, 0.2) is 0 Å². The van der Waals surface area contributed by atoms with E-state index in [1.54, 1.807) is 12.3 Å². The Kier molecular flexibility index (Phi) is 3.75. The van der Waals surface area contributed by atoms with Gasteiger partial charge in [-0.2, -0.15) is 4.98 Å². The number of rotatable bonds is 4. The Morgan fingerprint density at radius 3 is 2.84 bits per heavy atom. The highest BCUT2D eigenvalue weighted by atomic mass is 16.3. The Morgan fingerprint density at radius 2 is 2.26 bits per heavy atom. The zero-order chi connectivity index (χ0) is 14.0. The van der Waals surface area contributed by atoms with Gasteiger partial charge in [0.25, 0.3) is 11.7 Å². The molecule has 0 unspecified atom stereocenters. The number of aliphatic hydroxyl groups is 1. The van der Waals surface area contributed by atoms with E-state index in [0.29, 0.717) is 5.78 Å². The fourth-order valence-corrected chi connectivity index (χ4v) is 1.66. The molecule has 0 spiro atoms. The largest absolute Gasteiger partial charge is 0.394 e. The number of aryl methyl sites for hydroxylation is 1. The van der Waals surface area contributed by atoms with Crippen molar-refractivity contribution >= 4 is 11.7 Å². The SMILES string of the molecule is Cc1ccnc2nc(C(=O)N[C@H](CO)C(C)C)nn12. The number of aromatic nitrogens is 4. The average molecular weight is 263 g/mol. The van der Waals surface area contributed by atoms with Gasteiger partial charge in [0, 0.05) is 11.9 Å². The summed E-state index contributed by atoms with van der Waals surface area (Å²) in [6.07, 6.45) is 1.62. The van der Waals surface area contributed by atoms with Gasteiger partial charge in [-0.25, -0.2) is 9.50 Å². The molecule has 0 aliphatic rings. The van der Waals surface area contributed by atoms with E-state index in [0.717, 1.165) is 5.69 Å². The molecule has 2 N–H and O–H groups in total. The molecular weight excluding hydrogens is 246 g/mol. The third kappa shape index (κ3) is 2.70. The van der Waals surface area contributed by atoms with Crippen LogP contribution in [0.3, 0.4) is 0 Å². The van der Waals surface area contributed by atoms with Gasteiger partial charge in [0.1, 0.15) is 0 Å². The maximum absolute atomic E-state index is 12.0. The van der Waals surface area contributed by atoms with Crippen molar-refractivity contribution < 1.29 is 9.90 Å². The normalized spacial score (nSPS) is 12.9. The van der Waals surface area contributed by atoms with Crippen LogP contribution in [0.25, 0.3) is 5.78 Å². The fraction of sp³-hybridized carbons (Fsp3) is 0.500. The molecule has 1 amide bonds. The number of nitrogens with one attached hydrogen (secondary N) is 1. The van der Waals surface area contributed by atoms with E-state index in [1.165, 1.54) is 4.52 Å². The second-order valence-corrected chi connectivity index (χ2v) is 4.74. The Bertz CT molecular complexity index is 593. The fourth-order valence-electron chi connectivity index (χ4n) is 1.66. The molecule has 2 aromatic rings. The van der Waals surface area contributed by atoms with Crippen molar-refractivity contribution in [2.45, 2.75) is 26.8 Å². The van der Waals surface area contributed by atoms with Crippen molar-refractivity contribution in [3.05, 3.63) is 23.8 Å². The number of fused-ring (bicyclic) bond motifs is 1. The zero-order valence-corrected chi connectivity index (χ0v) is 11.2. The molecule has 19 heavy (non-hydrogen) atoms. The van der Waals surface area contributed by atoms with Crippen LogP contribution >= 0.6 is 0 Å². The predicted octanol–water partition coefficient (Wildman–Crippen LogP) is 0.179. The van der Waals surface area contributed by atoms with Gasteiger partial charge < -0.3 is 10.4 Å². The van der Waals surface area contributed by atoms with Crippen molar-refractivity contribution in [1.82, 2.24) is 24.9 Å². The van der Waals surface area contributed by atoms with E-state index in [4.69, 9.17) is 0 Å². The number of carbonyl (C=O) groups excluding carboxylic acids is 1. The maximum Gasteiger partial charge on any atom is 0.291 e. The molecule has 0 fully saturated rings. The van der Waals surface area contributed by atoms with Crippen molar-refractivity contribution in [2.75, 3.05) is 6.61 Å². The predicted molar refractivity (Wildman–Crippen MR) is 68.7 cm³/mol. The van der Waals surface area contributed by atoms with E-state index in [9.17, 15) is 9.90 Å². The third-order valence-corrected chi connectivity index (χ3v) is 2.95. The summed E-state index contributed by atoms with van der Waals surface area (Å²) >= 11 is 0. The standard InChI is InChI=1S/C12H17N5O2/c1-7(2)9(6-18)14-11(19)10-15-12-13-5-4-8(3)17(12)16-10/h4-5,7,9,18H,6H2,1-3H3,(H,14,19)/t9-/m1/s1. The highest BCUT2D eigenvalue weighted by Gasteiger charge is 2.20. The lowest BCUT2D eigenvalue weighted by Crippen LogP contribution is -2.41. The van der Waals surface area contributed by atoms with Gasteiger partial charge in [-0.3, -0.25) is 4.79 Å². The van der Waals surface area contributed by atoms with Gasteiger partial charge >= 0.3 is 0 Å². The first-order valence-corrected chi connectivity index (χ1v) is 6.13. The smallest absolute Gasteiger partial charge is 0.291 e. The Labute approximate surface area is 110 Å². The van der Waals surface area contributed by atoms with E-state index in [-0.39, 0.29) is 24.4 Å². The average Bonchev–Trinajstić information content (AvgIpc) is 2.80. The summed E-state index contributed by atoms with van der Waals surface area (Å²) in [5, 5.41) is 16.0. The van der Waals surface area contributed by atoms with Crippen molar-refractivity contribution in [1.29, 1.82) is 0 Å². The molecule has 1 atom stereocenters. The summed E-state index contributed by atoms with van der Waals surface area (Å²) < 4.78 is 1.51. The zero-order valence-electron chi connectivity index (χ0n) is 11.2. The number of carbonyl (C=O) groups is 1. The first-order valence-electron chi connectivity index (χ1n) is 6.13. The van der Waals surface area contributed by atoms with Gasteiger partial charge in [-0.1, -0.05) is 13.8 Å².